The van der Waals surface area contributed by atoms with Gasteiger partial charge in [0.25, 0.3) is 0 Å². The van der Waals surface area contributed by atoms with Gasteiger partial charge in [0.1, 0.15) is 0 Å². The largest absolute Gasteiger partial charge is 0.294 e. The molecule has 0 heterocycles. The standard InChI is InChI=1S/C7H20N2Si/c1-6(10)7(8(2)3)9(4)5/h6-7H,1-5,10H3. The Balaban J connectivity index is 3.98. The second-order valence-corrected chi connectivity index (χ2v) is 5.41. The van der Waals surface area contributed by atoms with Crippen molar-refractivity contribution in [3.63, 3.8) is 0 Å². The quantitative estimate of drug-likeness (QED) is 0.410. The Morgan fingerprint density at radius 1 is 1.00 bits per heavy atom. The van der Waals surface area contributed by atoms with Gasteiger partial charge < -0.3 is 0 Å². The average Bonchev–Trinajstić information content (AvgIpc) is 1.59. The van der Waals surface area contributed by atoms with Gasteiger partial charge >= 0.3 is 0 Å². The van der Waals surface area contributed by atoms with Crippen molar-refractivity contribution < 1.29 is 0 Å². The van der Waals surface area contributed by atoms with E-state index in [1.165, 1.54) is 10.2 Å². The molecule has 0 radical (unpaired) electrons. The predicted octanol–water partition coefficient (Wildman–Crippen LogP) is -0.391. The summed E-state index contributed by atoms with van der Waals surface area (Å²) in [6, 6.07) is 0. The van der Waals surface area contributed by atoms with Crippen LogP contribution in [0.5, 0.6) is 0 Å². The minimum absolute atomic E-state index is 0.617. The van der Waals surface area contributed by atoms with Crippen molar-refractivity contribution in [3.05, 3.63) is 0 Å². The highest BCUT2D eigenvalue weighted by atomic mass is 28.1. The Morgan fingerprint density at radius 3 is 1.30 bits per heavy atom. The molecule has 0 bridgehead atoms. The van der Waals surface area contributed by atoms with Crippen molar-refractivity contribution in [1.82, 2.24) is 9.80 Å². The average molecular weight is 160 g/mol. The molecule has 0 rings (SSSR count). The summed E-state index contributed by atoms with van der Waals surface area (Å²) in [7, 11) is 9.82. The Bertz CT molecular complexity index is 72.6. The number of rotatable bonds is 3. The Hall–Kier alpha value is 0.137. The van der Waals surface area contributed by atoms with Gasteiger partial charge in [0, 0.05) is 10.2 Å². The molecule has 0 aliphatic heterocycles. The van der Waals surface area contributed by atoms with Crippen LogP contribution in [0.1, 0.15) is 6.92 Å². The van der Waals surface area contributed by atoms with Crippen molar-refractivity contribution in [3.8, 4) is 0 Å². The normalized spacial score (nSPS) is 15.6. The zero-order chi connectivity index (χ0) is 8.31. The first-order valence-electron chi connectivity index (χ1n) is 3.79. The molecule has 0 saturated heterocycles. The summed E-state index contributed by atoms with van der Waals surface area (Å²) >= 11 is 0. The van der Waals surface area contributed by atoms with E-state index < -0.39 is 0 Å². The van der Waals surface area contributed by atoms with Crippen molar-refractivity contribution in [2.24, 2.45) is 0 Å². The fraction of sp³-hybridized carbons (Fsp3) is 1.00. The van der Waals surface area contributed by atoms with E-state index in [2.05, 4.69) is 44.9 Å². The van der Waals surface area contributed by atoms with Gasteiger partial charge in [-0.3, -0.25) is 9.80 Å². The van der Waals surface area contributed by atoms with Crippen LogP contribution in [-0.4, -0.2) is 54.4 Å². The van der Waals surface area contributed by atoms with Crippen molar-refractivity contribution in [2.45, 2.75) is 18.6 Å². The molecule has 0 aromatic rings. The molecule has 0 aliphatic carbocycles. The maximum Gasteiger partial charge on any atom is 0.0605 e. The van der Waals surface area contributed by atoms with Gasteiger partial charge in [-0.25, -0.2) is 0 Å². The summed E-state index contributed by atoms with van der Waals surface area (Å²) in [6.45, 7) is 2.30. The fourth-order valence-corrected chi connectivity index (χ4v) is 2.85. The topological polar surface area (TPSA) is 6.48 Å². The maximum absolute atomic E-state index is 2.30. The van der Waals surface area contributed by atoms with Crippen molar-refractivity contribution in [1.29, 1.82) is 0 Å². The molecule has 3 heteroatoms. The van der Waals surface area contributed by atoms with E-state index in [0.717, 1.165) is 5.54 Å². The first-order valence-corrected chi connectivity index (χ1v) is 4.95. The highest BCUT2D eigenvalue weighted by Gasteiger charge is 2.16. The second-order valence-electron chi connectivity index (χ2n) is 3.58. The molecule has 0 fully saturated rings. The molecule has 1 atom stereocenters. The van der Waals surface area contributed by atoms with Crippen LogP contribution in [0.4, 0.5) is 0 Å². The number of nitrogens with zero attached hydrogens (tertiary/aromatic N) is 2. The molecule has 1 unspecified atom stereocenters. The SMILES string of the molecule is CC([SiH3])C(N(C)C)N(C)C. The molecule has 0 saturated carbocycles. The van der Waals surface area contributed by atoms with Crippen molar-refractivity contribution >= 4 is 10.2 Å². The highest BCUT2D eigenvalue weighted by molar-refractivity contribution is 6.11. The molecule has 0 amide bonds. The van der Waals surface area contributed by atoms with Gasteiger partial charge in [-0.15, -0.1) is 0 Å². The fourth-order valence-electron chi connectivity index (χ4n) is 1.65. The molecule has 62 valence electrons. The summed E-state index contributed by atoms with van der Waals surface area (Å²) in [5.74, 6) is 0. The summed E-state index contributed by atoms with van der Waals surface area (Å²) in [4.78, 5) is 4.55. The van der Waals surface area contributed by atoms with Gasteiger partial charge in [0.05, 0.1) is 6.17 Å². The minimum atomic E-state index is 0.617. The van der Waals surface area contributed by atoms with Crippen LogP contribution in [0.25, 0.3) is 0 Å². The Kier molecular flexibility index (Phi) is 4.16. The third-order valence-electron chi connectivity index (χ3n) is 1.65. The lowest BCUT2D eigenvalue weighted by atomic mass is 10.3. The Morgan fingerprint density at radius 2 is 1.30 bits per heavy atom. The van der Waals surface area contributed by atoms with E-state index in [1.54, 1.807) is 0 Å². The number of hydrogen-bond donors (Lipinski definition) is 0. The lowest BCUT2D eigenvalue weighted by Crippen LogP contribution is -2.43. The first kappa shape index (κ1) is 10.1. The summed E-state index contributed by atoms with van der Waals surface area (Å²) < 4.78 is 0. The molecule has 10 heavy (non-hydrogen) atoms. The first-order chi connectivity index (χ1) is 4.46. The molecular weight excluding hydrogens is 140 g/mol. The van der Waals surface area contributed by atoms with Crippen LogP contribution in [0.2, 0.25) is 5.54 Å². The summed E-state index contributed by atoms with van der Waals surface area (Å²) in [5.41, 5.74) is 0.824. The van der Waals surface area contributed by atoms with Crippen LogP contribution in [-0.2, 0) is 0 Å². The highest BCUT2D eigenvalue weighted by Crippen LogP contribution is 2.11. The van der Waals surface area contributed by atoms with E-state index in [-0.39, 0.29) is 0 Å². The van der Waals surface area contributed by atoms with Crippen LogP contribution in [0, 0.1) is 0 Å². The van der Waals surface area contributed by atoms with Crippen LogP contribution >= 0.6 is 0 Å². The number of hydrogen-bond acceptors (Lipinski definition) is 2. The zero-order valence-electron chi connectivity index (χ0n) is 8.05. The lowest BCUT2D eigenvalue weighted by molar-refractivity contribution is 0.126. The second kappa shape index (κ2) is 4.11. The van der Waals surface area contributed by atoms with E-state index >= 15 is 0 Å². The smallest absolute Gasteiger partial charge is 0.0605 e. The summed E-state index contributed by atoms with van der Waals surface area (Å²) in [5, 5.41) is 0. The summed E-state index contributed by atoms with van der Waals surface area (Å²) in [6.07, 6.45) is 0.617. The van der Waals surface area contributed by atoms with E-state index in [9.17, 15) is 0 Å². The molecule has 0 N–H and O–H groups in total. The predicted molar refractivity (Wildman–Crippen MR) is 50.5 cm³/mol. The maximum atomic E-state index is 2.30. The third kappa shape index (κ3) is 2.81. The molecule has 0 aliphatic rings. The van der Waals surface area contributed by atoms with Gasteiger partial charge in [-0.2, -0.15) is 0 Å². The molecule has 0 spiro atoms. The van der Waals surface area contributed by atoms with Gasteiger partial charge in [-0.1, -0.05) is 6.92 Å². The van der Waals surface area contributed by atoms with E-state index in [1.807, 2.05) is 0 Å². The van der Waals surface area contributed by atoms with Gasteiger partial charge in [0.15, 0.2) is 0 Å². The third-order valence-corrected chi connectivity index (χ3v) is 2.25. The van der Waals surface area contributed by atoms with Crippen LogP contribution < -0.4 is 0 Å². The monoisotopic (exact) mass is 160 g/mol. The minimum Gasteiger partial charge on any atom is -0.294 e. The van der Waals surface area contributed by atoms with Crippen LogP contribution in [0.3, 0.4) is 0 Å². The van der Waals surface area contributed by atoms with E-state index in [0.29, 0.717) is 6.17 Å². The van der Waals surface area contributed by atoms with Crippen molar-refractivity contribution in [2.75, 3.05) is 28.2 Å². The van der Waals surface area contributed by atoms with Gasteiger partial charge in [-0.05, 0) is 33.7 Å². The molecule has 0 aromatic heterocycles. The lowest BCUT2D eigenvalue weighted by Gasteiger charge is -2.33. The molecule has 0 aromatic carbocycles. The van der Waals surface area contributed by atoms with Crippen LogP contribution in [0.15, 0.2) is 0 Å². The molecular formula is C7H20N2Si. The van der Waals surface area contributed by atoms with Gasteiger partial charge in [0.2, 0.25) is 0 Å². The zero-order valence-corrected chi connectivity index (χ0v) is 10.0. The van der Waals surface area contributed by atoms with E-state index in [4.69, 9.17) is 0 Å². The Labute approximate surface area is 67.6 Å². The molecule has 2 nitrogen and oxygen atoms in total.